The molecule has 0 aliphatic carbocycles. The first-order valence-corrected chi connectivity index (χ1v) is 15.1. The predicted molar refractivity (Wildman–Crippen MR) is 166 cm³/mol. The summed E-state index contributed by atoms with van der Waals surface area (Å²) in [6.45, 7) is 10.5. The zero-order chi connectivity index (χ0) is 29.4. The average Bonchev–Trinajstić information content (AvgIpc) is 3.00. The van der Waals surface area contributed by atoms with Gasteiger partial charge in [0.25, 0.3) is 11.8 Å². The topological polar surface area (TPSA) is 110 Å². The highest BCUT2D eigenvalue weighted by atomic mass is 16.5. The van der Waals surface area contributed by atoms with Crippen LogP contribution in [0.15, 0.2) is 48.5 Å². The van der Waals surface area contributed by atoms with Crippen molar-refractivity contribution in [3.63, 3.8) is 0 Å². The Morgan fingerprint density at radius 2 is 0.878 bits per heavy atom. The molecule has 0 aliphatic heterocycles. The number of anilines is 2. The lowest BCUT2D eigenvalue weighted by molar-refractivity contribution is 0.0139. The van der Waals surface area contributed by atoms with Crippen molar-refractivity contribution in [3.8, 4) is 0 Å². The molecule has 0 bridgehead atoms. The Hall–Kier alpha value is -3.14. The van der Waals surface area contributed by atoms with Gasteiger partial charge in [0.2, 0.25) is 0 Å². The minimum atomic E-state index is -0.0728. The van der Waals surface area contributed by atoms with E-state index < -0.39 is 0 Å². The largest absolute Gasteiger partial charge is 0.385 e. The van der Waals surface area contributed by atoms with Crippen molar-refractivity contribution in [1.82, 2.24) is 10.6 Å². The van der Waals surface area contributed by atoms with Crippen molar-refractivity contribution in [2.75, 3.05) is 76.5 Å². The summed E-state index contributed by atoms with van der Waals surface area (Å²) in [7, 11) is 0. The zero-order valence-corrected chi connectivity index (χ0v) is 25.0. The maximum absolute atomic E-state index is 12.2. The lowest BCUT2D eigenvalue weighted by Crippen LogP contribution is -2.25. The number of carbonyl (C=O) groups is 2. The fraction of sp³-hybridized carbons (Fsp3) is 0.562. The van der Waals surface area contributed by atoms with Gasteiger partial charge >= 0.3 is 0 Å². The second-order valence-electron chi connectivity index (χ2n) is 9.77. The Morgan fingerprint density at radius 1 is 0.512 bits per heavy atom. The average molecular weight is 571 g/mol. The monoisotopic (exact) mass is 570 g/mol. The summed E-state index contributed by atoms with van der Waals surface area (Å²) >= 11 is 0. The number of hydrogen-bond donors (Lipinski definition) is 4. The van der Waals surface area contributed by atoms with Crippen LogP contribution >= 0.6 is 0 Å². The minimum Gasteiger partial charge on any atom is -0.385 e. The fourth-order valence-electron chi connectivity index (χ4n) is 3.80. The molecule has 2 aromatic carbocycles. The summed E-state index contributed by atoms with van der Waals surface area (Å²) in [4.78, 5) is 24.5. The van der Waals surface area contributed by atoms with Crippen LogP contribution in [0.1, 0.15) is 73.1 Å². The van der Waals surface area contributed by atoms with Gasteiger partial charge in [-0.05, 0) is 74.2 Å². The van der Waals surface area contributed by atoms with E-state index in [2.05, 4.69) is 35.1 Å². The molecule has 2 aromatic rings. The van der Waals surface area contributed by atoms with Gasteiger partial charge in [-0.25, -0.2) is 0 Å². The molecule has 2 amide bonds. The summed E-state index contributed by atoms with van der Waals surface area (Å²) in [5.74, 6) is -0.146. The number of benzene rings is 2. The maximum Gasteiger partial charge on any atom is 0.251 e. The van der Waals surface area contributed by atoms with Crippen molar-refractivity contribution in [3.05, 3.63) is 59.7 Å². The molecule has 0 spiro atoms. The quantitative estimate of drug-likeness (QED) is 0.130. The predicted octanol–water partition coefficient (Wildman–Crippen LogP) is 5.10. The number of hydrogen-bond acceptors (Lipinski definition) is 7. The Kier molecular flexibility index (Phi) is 18.7. The van der Waals surface area contributed by atoms with E-state index in [4.69, 9.17) is 14.2 Å². The standard InChI is InChI=1S/C32H50N4O5/c1-3-5-17-33-29-13-9-27(10-14-29)31(37)35-19-7-21-39-23-25-41-26-24-40-22-8-20-36-32(38)28-11-15-30(16-12-28)34-18-6-4-2/h9-16,33-34H,3-8,17-26H2,1-2H3,(H,35,37)(H,36,38). The molecular formula is C32H50N4O5. The molecule has 0 atom stereocenters. The van der Waals surface area contributed by atoms with Crippen LogP contribution in [-0.4, -0.2) is 77.6 Å². The van der Waals surface area contributed by atoms with E-state index in [0.717, 1.165) is 63.0 Å². The van der Waals surface area contributed by atoms with Gasteiger partial charge < -0.3 is 35.5 Å². The van der Waals surface area contributed by atoms with Crippen molar-refractivity contribution in [2.45, 2.75) is 52.4 Å². The number of nitrogens with one attached hydrogen (secondary N) is 4. The molecule has 0 aromatic heterocycles. The summed E-state index contributed by atoms with van der Waals surface area (Å²) in [6, 6.07) is 15.1. The lowest BCUT2D eigenvalue weighted by Gasteiger charge is -2.09. The highest BCUT2D eigenvalue weighted by Gasteiger charge is 2.06. The molecule has 0 aliphatic rings. The molecule has 0 radical (unpaired) electrons. The number of unbranched alkanes of at least 4 members (excludes halogenated alkanes) is 2. The molecule has 0 unspecified atom stereocenters. The first kappa shape index (κ1) is 34.1. The minimum absolute atomic E-state index is 0.0728. The van der Waals surface area contributed by atoms with Crippen LogP contribution < -0.4 is 21.3 Å². The maximum atomic E-state index is 12.2. The fourth-order valence-corrected chi connectivity index (χ4v) is 3.80. The van der Waals surface area contributed by atoms with Crippen LogP contribution in [0.5, 0.6) is 0 Å². The van der Waals surface area contributed by atoms with E-state index in [1.807, 2.05) is 48.5 Å². The third kappa shape index (κ3) is 16.0. The van der Waals surface area contributed by atoms with Crippen molar-refractivity contribution in [1.29, 1.82) is 0 Å². The summed E-state index contributed by atoms with van der Waals surface area (Å²) in [5.41, 5.74) is 3.38. The number of carbonyl (C=O) groups excluding carboxylic acids is 2. The van der Waals surface area contributed by atoms with Gasteiger partial charge in [0.05, 0.1) is 26.4 Å². The van der Waals surface area contributed by atoms with E-state index in [-0.39, 0.29) is 11.8 Å². The van der Waals surface area contributed by atoms with Gasteiger partial charge in [0.15, 0.2) is 0 Å². The molecular weight excluding hydrogens is 520 g/mol. The highest BCUT2D eigenvalue weighted by Crippen LogP contribution is 2.11. The second-order valence-corrected chi connectivity index (χ2v) is 9.77. The van der Waals surface area contributed by atoms with Gasteiger partial charge in [-0.2, -0.15) is 0 Å². The molecule has 2 rings (SSSR count). The van der Waals surface area contributed by atoms with Crippen LogP contribution in [0.3, 0.4) is 0 Å². The molecule has 9 nitrogen and oxygen atoms in total. The third-order valence-corrected chi connectivity index (χ3v) is 6.26. The van der Waals surface area contributed by atoms with E-state index >= 15 is 0 Å². The SMILES string of the molecule is CCCCNc1ccc(C(=O)NCCCOCCOCCOCCCNC(=O)c2ccc(NCCCC)cc2)cc1. The van der Waals surface area contributed by atoms with Gasteiger partial charge in [0, 0.05) is 61.9 Å². The van der Waals surface area contributed by atoms with Crippen LogP contribution in [0.25, 0.3) is 0 Å². The third-order valence-electron chi connectivity index (χ3n) is 6.26. The molecule has 9 heteroatoms. The smallest absolute Gasteiger partial charge is 0.251 e. The lowest BCUT2D eigenvalue weighted by atomic mass is 10.2. The van der Waals surface area contributed by atoms with E-state index in [1.54, 1.807) is 0 Å². The van der Waals surface area contributed by atoms with Gasteiger partial charge in [-0.3, -0.25) is 9.59 Å². The van der Waals surface area contributed by atoms with Crippen LogP contribution in [-0.2, 0) is 14.2 Å². The molecule has 41 heavy (non-hydrogen) atoms. The van der Waals surface area contributed by atoms with E-state index in [0.29, 0.717) is 63.9 Å². The molecule has 0 saturated carbocycles. The van der Waals surface area contributed by atoms with Crippen molar-refractivity contribution in [2.24, 2.45) is 0 Å². The second kappa shape index (κ2) is 22.5. The normalized spacial score (nSPS) is 10.8. The molecule has 228 valence electrons. The van der Waals surface area contributed by atoms with Gasteiger partial charge in [0.1, 0.15) is 0 Å². The number of rotatable bonds is 24. The van der Waals surface area contributed by atoms with Gasteiger partial charge in [-0.1, -0.05) is 26.7 Å². The first-order chi connectivity index (χ1) is 20.1. The highest BCUT2D eigenvalue weighted by molar-refractivity contribution is 5.95. The number of amides is 2. The molecule has 0 fully saturated rings. The molecule has 0 heterocycles. The van der Waals surface area contributed by atoms with Crippen LogP contribution in [0, 0.1) is 0 Å². The Balaban J connectivity index is 1.36. The van der Waals surface area contributed by atoms with Crippen molar-refractivity contribution >= 4 is 23.2 Å². The summed E-state index contributed by atoms with van der Waals surface area (Å²) in [5, 5.41) is 12.5. The Labute approximate surface area is 246 Å². The van der Waals surface area contributed by atoms with Gasteiger partial charge in [-0.15, -0.1) is 0 Å². The summed E-state index contributed by atoms with van der Waals surface area (Å²) < 4.78 is 16.6. The number of ether oxygens (including phenoxy) is 3. The van der Waals surface area contributed by atoms with E-state index in [1.165, 1.54) is 0 Å². The Bertz CT molecular complexity index is 876. The zero-order valence-electron chi connectivity index (χ0n) is 25.0. The molecule has 4 N–H and O–H groups in total. The van der Waals surface area contributed by atoms with Crippen molar-refractivity contribution < 1.29 is 23.8 Å². The summed E-state index contributed by atoms with van der Waals surface area (Å²) in [6.07, 6.45) is 6.04. The van der Waals surface area contributed by atoms with Crippen LogP contribution in [0.4, 0.5) is 11.4 Å². The van der Waals surface area contributed by atoms with Crippen LogP contribution in [0.2, 0.25) is 0 Å². The molecule has 0 saturated heterocycles. The van der Waals surface area contributed by atoms with E-state index in [9.17, 15) is 9.59 Å². The Morgan fingerprint density at radius 3 is 1.24 bits per heavy atom. The first-order valence-electron chi connectivity index (χ1n) is 15.1.